The Bertz CT molecular complexity index is 333. The molecule has 0 spiro atoms. The number of hydrogen-bond donors (Lipinski definition) is 1. The van der Waals surface area contributed by atoms with Crippen molar-refractivity contribution < 1.29 is 0 Å². The summed E-state index contributed by atoms with van der Waals surface area (Å²) in [6.07, 6.45) is 7.67. The summed E-state index contributed by atoms with van der Waals surface area (Å²) in [5.74, 6) is 2.65. The predicted molar refractivity (Wildman–Crippen MR) is 51.2 cm³/mol. The molecule has 1 N–H and O–H groups in total. The van der Waals surface area contributed by atoms with Gasteiger partial charge in [-0.1, -0.05) is 5.92 Å². The standard InChI is InChI=1S/C11H11N/c1-2-9-5-6-11-10(8-9)4-3-7-12-11/h1,5-6,8,12H,3-4,7H2. The van der Waals surface area contributed by atoms with E-state index in [0.29, 0.717) is 0 Å². The average molecular weight is 157 g/mol. The Labute approximate surface area is 72.8 Å². The molecule has 1 heteroatoms. The summed E-state index contributed by atoms with van der Waals surface area (Å²) in [4.78, 5) is 0. The molecule has 0 amide bonds. The molecular formula is C11H11N. The van der Waals surface area contributed by atoms with Crippen LogP contribution in [0.1, 0.15) is 17.5 Å². The van der Waals surface area contributed by atoms with Crippen LogP contribution in [0.3, 0.4) is 0 Å². The first-order chi connectivity index (χ1) is 5.90. The van der Waals surface area contributed by atoms with E-state index in [9.17, 15) is 0 Å². The van der Waals surface area contributed by atoms with Crippen LogP contribution in [0.4, 0.5) is 5.69 Å². The minimum Gasteiger partial charge on any atom is -0.385 e. The molecule has 0 unspecified atom stereocenters. The molecule has 0 aliphatic carbocycles. The smallest absolute Gasteiger partial charge is 0.0373 e. The van der Waals surface area contributed by atoms with Crippen LogP contribution >= 0.6 is 0 Å². The molecule has 0 fully saturated rings. The van der Waals surface area contributed by atoms with Crippen LogP contribution in [0, 0.1) is 12.3 Å². The van der Waals surface area contributed by atoms with E-state index in [1.54, 1.807) is 0 Å². The van der Waals surface area contributed by atoms with E-state index >= 15 is 0 Å². The highest BCUT2D eigenvalue weighted by atomic mass is 14.9. The summed E-state index contributed by atoms with van der Waals surface area (Å²) in [6.45, 7) is 1.09. The van der Waals surface area contributed by atoms with Crippen LogP contribution in [0.2, 0.25) is 0 Å². The molecule has 0 radical (unpaired) electrons. The minimum atomic E-state index is 0.984. The molecule has 1 heterocycles. The Hall–Kier alpha value is -1.42. The fourth-order valence-corrected chi connectivity index (χ4v) is 1.56. The first-order valence-electron chi connectivity index (χ1n) is 4.23. The van der Waals surface area contributed by atoms with Gasteiger partial charge in [-0.15, -0.1) is 6.42 Å². The fourth-order valence-electron chi connectivity index (χ4n) is 1.56. The largest absolute Gasteiger partial charge is 0.385 e. The van der Waals surface area contributed by atoms with Crippen LogP contribution in [0.5, 0.6) is 0 Å². The number of hydrogen-bond acceptors (Lipinski definition) is 1. The second-order valence-corrected chi connectivity index (χ2v) is 3.05. The lowest BCUT2D eigenvalue weighted by atomic mass is 10.0. The third kappa shape index (κ3) is 1.16. The molecule has 0 bridgehead atoms. The fraction of sp³-hybridized carbons (Fsp3) is 0.273. The molecule has 60 valence electrons. The Morgan fingerprint density at radius 2 is 2.33 bits per heavy atom. The Morgan fingerprint density at radius 1 is 1.42 bits per heavy atom. The van der Waals surface area contributed by atoms with Gasteiger partial charge in [0.15, 0.2) is 0 Å². The monoisotopic (exact) mass is 157 g/mol. The number of nitrogens with one attached hydrogen (secondary N) is 1. The third-order valence-corrected chi connectivity index (χ3v) is 2.21. The lowest BCUT2D eigenvalue weighted by molar-refractivity contribution is 0.830. The van der Waals surface area contributed by atoms with Crippen molar-refractivity contribution in [2.24, 2.45) is 0 Å². The number of benzene rings is 1. The summed E-state index contributed by atoms with van der Waals surface area (Å²) in [5.41, 5.74) is 3.59. The zero-order valence-corrected chi connectivity index (χ0v) is 6.93. The number of anilines is 1. The van der Waals surface area contributed by atoms with Gasteiger partial charge < -0.3 is 5.32 Å². The van der Waals surface area contributed by atoms with Gasteiger partial charge in [0.1, 0.15) is 0 Å². The summed E-state index contributed by atoms with van der Waals surface area (Å²) in [5, 5.41) is 3.35. The van der Waals surface area contributed by atoms with Crippen molar-refractivity contribution in [2.75, 3.05) is 11.9 Å². The van der Waals surface area contributed by atoms with Gasteiger partial charge in [0.2, 0.25) is 0 Å². The van der Waals surface area contributed by atoms with Crippen LogP contribution in [-0.2, 0) is 6.42 Å². The van der Waals surface area contributed by atoms with Crippen molar-refractivity contribution in [1.29, 1.82) is 0 Å². The number of aryl methyl sites for hydroxylation is 1. The third-order valence-electron chi connectivity index (χ3n) is 2.21. The lowest BCUT2D eigenvalue weighted by Gasteiger charge is -2.17. The lowest BCUT2D eigenvalue weighted by Crippen LogP contribution is -2.11. The van der Waals surface area contributed by atoms with Gasteiger partial charge >= 0.3 is 0 Å². The van der Waals surface area contributed by atoms with E-state index in [2.05, 4.69) is 23.4 Å². The Morgan fingerprint density at radius 3 is 3.17 bits per heavy atom. The first-order valence-corrected chi connectivity index (χ1v) is 4.23. The highest BCUT2D eigenvalue weighted by Crippen LogP contribution is 2.22. The van der Waals surface area contributed by atoms with Gasteiger partial charge in [0.25, 0.3) is 0 Å². The highest BCUT2D eigenvalue weighted by Gasteiger charge is 2.07. The van der Waals surface area contributed by atoms with Crippen LogP contribution in [-0.4, -0.2) is 6.54 Å². The van der Waals surface area contributed by atoms with Crippen molar-refractivity contribution in [3.63, 3.8) is 0 Å². The van der Waals surface area contributed by atoms with Crippen molar-refractivity contribution in [3.05, 3.63) is 29.3 Å². The molecule has 1 aromatic rings. The molecule has 0 atom stereocenters. The molecule has 0 aromatic heterocycles. The van der Waals surface area contributed by atoms with Crippen molar-refractivity contribution in [1.82, 2.24) is 0 Å². The SMILES string of the molecule is C#Cc1ccc2c(c1)CCCN2. The van der Waals surface area contributed by atoms with Crippen molar-refractivity contribution >= 4 is 5.69 Å². The van der Waals surface area contributed by atoms with E-state index in [0.717, 1.165) is 18.5 Å². The van der Waals surface area contributed by atoms with E-state index in [1.807, 2.05) is 6.07 Å². The zero-order chi connectivity index (χ0) is 8.39. The summed E-state index contributed by atoms with van der Waals surface area (Å²) in [7, 11) is 0. The quantitative estimate of drug-likeness (QED) is 0.568. The van der Waals surface area contributed by atoms with E-state index < -0.39 is 0 Å². The second-order valence-electron chi connectivity index (χ2n) is 3.05. The summed E-state index contributed by atoms with van der Waals surface area (Å²) >= 11 is 0. The predicted octanol–water partition coefficient (Wildman–Crippen LogP) is 2.03. The van der Waals surface area contributed by atoms with Gasteiger partial charge in [-0.05, 0) is 36.6 Å². The van der Waals surface area contributed by atoms with Gasteiger partial charge in [0.05, 0.1) is 0 Å². The van der Waals surface area contributed by atoms with E-state index in [-0.39, 0.29) is 0 Å². The number of fused-ring (bicyclic) bond motifs is 1. The molecular weight excluding hydrogens is 146 g/mol. The molecule has 1 aliphatic rings. The Balaban J connectivity index is 2.44. The second kappa shape index (κ2) is 2.91. The van der Waals surface area contributed by atoms with Gasteiger partial charge in [-0.25, -0.2) is 0 Å². The van der Waals surface area contributed by atoms with Crippen molar-refractivity contribution in [2.45, 2.75) is 12.8 Å². The highest BCUT2D eigenvalue weighted by molar-refractivity contribution is 5.56. The van der Waals surface area contributed by atoms with E-state index in [4.69, 9.17) is 6.42 Å². The molecule has 0 saturated heterocycles. The first kappa shape index (κ1) is 7.24. The van der Waals surface area contributed by atoms with Crippen LogP contribution < -0.4 is 5.32 Å². The average Bonchev–Trinajstić information content (AvgIpc) is 2.17. The van der Waals surface area contributed by atoms with Gasteiger partial charge in [-0.2, -0.15) is 0 Å². The number of terminal acetylenes is 1. The normalized spacial score (nSPS) is 14.2. The molecule has 1 aliphatic heterocycles. The topological polar surface area (TPSA) is 12.0 Å². The summed E-state index contributed by atoms with van der Waals surface area (Å²) in [6, 6.07) is 6.16. The summed E-state index contributed by atoms with van der Waals surface area (Å²) < 4.78 is 0. The Kier molecular flexibility index (Phi) is 1.75. The maximum Gasteiger partial charge on any atom is 0.0373 e. The van der Waals surface area contributed by atoms with Gasteiger partial charge in [-0.3, -0.25) is 0 Å². The maximum atomic E-state index is 5.31. The van der Waals surface area contributed by atoms with Crippen LogP contribution in [0.25, 0.3) is 0 Å². The molecule has 0 saturated carbocycles. The zero-order valence-electron chi connectivity index (χ0n) is 6.93. The molecule has 12 heavy (non-hydrogen) atoms. The number of rotatable bonds is 0. The maximum absolute atomic E-state index is 5.31. The molecule has 2 rings (SSSR count). The van der Waals surface area contributed by atoms with Gasteiger partial charge in [0, 0.05) is 17.8 Å². The van der Waals surface area contributed by atoms with Crippen LogP contribution in [0.15, 0.2) is 18.2 Å². The minimum absolute atomic E-state index is 0.984. The molecule has 1 nitrogen and oxygen atoms in total. The van der Waals surface area contributed by atoms with Crippen molar-refractivity contribution in [3.8, 4) is 12.3 Å². The molecule has 1 aromatic carbocycles. The van der Waals surface area contributed by atoms with E-state index in [1.165, 1.54) is 17.7 Å².